The molecular weight excluding hydrogens is 641 g/mol. The second-order valence-electron chi connectivity index (χ2n) is 13.1. The molecule has 3 N–H and O–H groups in total. The first-order valence-corrected chi connectivity index (χ1v) is 21.3. The lowest BCUT2D eigenvalue weighted by Crippen LogP contribution is -2.29. The van der Waals surface area contributed by atoms with Crippen molar-refractivity contribution in [2.45, 2.75) is 187 Å². The molecular formula is C39H74NO8P. The van der Waals surface area contributed by atoms with Crippen molar-refractivity contribution in [3.05, 3.63) is 24.3 Å². The highest BCUT2D eigenvalue weighted by Crippen LogP contribution is 2.43. The highest BCUT2D eigenvalue weighted by Gasteiger charge is 2.25. The highest BCUT2D eigenvalue weighted by molar-refractivity contribution is 7.47. The van der Waals surface area contributed by atoms with E-state index < -0.39 is 32.5 Å². The minimum absolute atomic E-state index is 0.0505. The molecule has 10 heteroatoms. The molecule has 0 aliphatic heterocycles. The summed E-state index contributed by atoms with van der Waals surface area (Å²) in [5.74, 6) is -0.863. The number of phosphoric ester groups is 1. The number of hydrogen-bond acceptors (Lipinski definition) is 8. The van der Waals surface area contributed by atoms with E-state index in [0.717, 1.165) is 51.4 Å². The molecule has 0 rings (SSSR count). The molecule has 288 valence electrons. The third kappa shape index (κ3) is 36.1. The van der Waals surface area contributed by atoms with Crippen LogP contribution in [-0.4, -0.2) is 49.3 Å². The molecule has 0 aromatic rings. The fraction of sp³-hybridized carbons (Fsp3) is 0.846. The van der Waals surface area contributed by atoms with Crippen LogP contribution in [-0.2, 0) is 32.7 Å². The van der Waals surface area contributed by atoms with Gasteiger partial charge in [-0.05, 0) is 64.2 Å². The molecule has 0 aromatic carbocycles. The molecule has 9 nitrogen and oxygen atoms in total. The van der Waals surface area contributed by atoms with Gasteiger partial charge in [-0.1, -0.05) is 128 Å². The summed E-state index contributed by atoms with van der Waals surface area (Å²) in [6.07, 6.45) is 36.4. The van der Waals surface area contributed by atoms with Gasteiger partial charge < -0.3 is 20.1 Å². The molecule has 49 heavy (non-hydrogen) atoms. The topological polar surface area (TPSA) is 134 Å². The van der Waals surface area contributed by atoms with Gasteiger partial charge in [0.15, 0.2) is 6.10 Å². The molecule has 2 atom stereocenters. The van der Waals surface area contributed by atoms with Crippen LogP contribution in [0.5, 0.6) is 0 Å². The third-order valence-corrected chi connectivity index (χ3v) is 9.29. The highest BCUT2D eigenvalue weighted by atomic mass is 31.2. The summed E-state index contributed by atoms with van der Waals surface area (Å²) in [7, 11) is -4.37. The molecule has 0 radical (unpaired) electrons. The van der Waals surface area contributed by atoms with Crippen molar-refractivity contribution in [2.75, 3.05) is 26.4 Å². The Hall–Kier alpha value is -1.51. The third-order valence-electron chi connectivity index (χ3n) is 8.31. The molecule has 0 aliphatic rings. The summed E-state index contributed by atoms with van der Waals surface area (Å²) in [4.78, 5) is 34.7. The van der Waals surface area contributed by atoms with Gasteiger partial charge in [-0.15, -0.1) is 0 Å². The van der Waals surface area contributed by atoms with Gasteiger partial charge in [0.25, 0.3) is 0 Å². The smallest absolute Gasteiger partial charge is 0.462 e. The van der Waals surface area contributed by atoms with Crippen LogP contribution < -0.4 is 5.73 Å². The van der Waals surface area contributed by atoms with Gasteiger partial charge in [-0.3, -0.25) is 18.6 Å². The fourth-order valence-corrected chi connectivity index (χ4v) is 6.09. The molecule has 0 amide bonds. The normalized spacial score (nSPS) is 13.6. The van der Waals surface area contributed by atoms with Gasteiger partial charge in [0.05, 0.1) is 13.2 Å². The van der Waals surface area contributed by atoms with Crippen molar-refractivity contribution >= 4 is 19.8 Å². The Morgan fingerprint density at radius 3 is 1.51 bits per heavy atom. The standard InChI is InChI=1S/C39H74NO8P/c1-3-5-7-9-11-13-15-17-18-20-21-23-25-27-29-31-38(41)45-35-37(36-47-49(43,44)46-34-33-40)48-39(42)32-30-28-26-24-22-19-16-14-12-10-8-6-4-2/h14,16,21,23,37H,3-13,15,17-20,22,24-36,40H2,1-2H3,(H,43,44)/b16-14+,23-21+/t37-/m1/s1. The Labute approximate surface area is 300 Å². The van der Waals surface area contributed by atoms with Crippen molar-refractivity contribution < 1.29 is 37.6 Å². The first kappa shape index (κ1) is 47.5. The van der Waals surface area contributed by atoms with Crippen LogP contribution in [0, 0.1) is 0 Å². The number of phosphoric acid groups is 1. The summed E-state index contributed by atoms with van der Waals surface area (Å²) >= 11 is 0. The SMILES string of the molecule is CCCCCC/C=C/CCCCCCCC(=O)O[C@H](COC(=O)CCCC/C=C/CCCCCCCCCCC)COP(=O)(O)OCCN. The van der Waals surface area contributed by atoms with Crippen LogP contribution >= 0.6 is 7.82 Å². The van der Waals surface area contributed by atoms with Gasteiger partial charge in [-0.25, -0.2) is 4.57 Å². The number of carbonyl (C=O) groups is 2. The van der Waals surface area contributed by atoms with E-state index in [2.05, 4.69) is 38.2 Å². The van der Waals surface area contributed by atoms with E-state index in [1.807, 2.05) is 0 Å². The number of carbonyl (C=O) groups excluding carboxylic acids is 2. The van der Waals surface area contributed by atoms with E-state index in [1.54, 1.807) is 0 Å². The zero-order valence-electron chi connectivity index (χ0n) is 31.4. The molecule has 0 aromatic heterocycles. The fourth-order valence-electron chi connectivity index (χ4n) is 5.33. The van der Waals surface area contributed by atoms with Gasteiger partial charge in [0, 0.05) is 19.4 Å². The predicted octanol–water partition coefficient (Wildman–Crippen LogP) is 10.8. The van der Waals surface area contributed by atoms with Gasteiger partial charge in [-0.2, -0.15) is 0 Å². The van der Waals surface area contributed by atoms with Crippen LogP contribution in [0.2, 0.25) is 0 Å². The number of unbranched alkanes of at least 4 members (excludes halogenated alkanes) is 20. The molecule has 0 saturated heterocycles. The molecule has 0 aliphatic carbocycles. The van der Waals surface area contributed by atoms with E-state index in [9.17, 15) is 19.0 Å². The summed E-state index contributed by atoms with van der Waals surface area (Å²) in [5.41, 5.74) is 5.33. The number of rotatable bonds is 37. The largest absolute Gasteiger partial charge is 0.472 e. The predicted molar refractivity (Wildman–Crippen MR) is 201 cm³/mol. The van der Waals surface area contributed by atoms with Crippen LogP contribution in [0.1, 0.15) is 181 Å². The minimum atomic E-state index is -4.37. The van der Waals surface area contributed by atoms with Crippen LogP contribution in [0.3, 0.4) is 0 Å². The minimum Gasteiger partial charge on any atom is -0.462 e. The van der Waals surface area contributed by atoms with Crippen LogP contribution in [0.4, 0.5) is 0 Å². The van der Waals surface area contributed by atoms with Crippen molar-refractivity contribution in [3.8, 4) is 0 Å². The summed E-state index contributed by atoms with van der Waals surface area (Å²) < 4.78 is 32.6. The Morgan fingerprint density at radius 2 is 1.00 bits per heavy atom. The Morgan fingerprint density at radius 1 is 0.592 bits per heavy atom. The first-order valence-electron chi connectivity index (χ1n) is 19.8. The number of ether oxygens (including phenoxy) is 2. The maximum Gasteiger partial charge on any atom is 0.472 e. The quantitative estimate of drug-likeness (QED) is 0.0279. The van der Waals surface area contributed by atoms with Crippen molar-refractivity contribution in [2.24, 2.45) is 5.73 Å². The molecule has 0 bridgehead atoms. The summed E-state index contributed by atoms with van der Waals surface area (Å²) in [5, 5.41) is 0. The molecule has 1 unspecified atom stereocenters. The Balaban J connectivity index is 4.24. The Kier molecular flexibility index (Phi) is 35.2. The Bertz CT molecular complexity index is 866. The second-order valence-corrected chi connectivity index (χ2v) is 14.6. The van der Waals surface area contributed by atoms with E-state index in [4.69, 9.17) is 24.3 Å². The van der Waals surface area contributed by atoms with Crippen LogP contribution in [0.15, 0.2) is 24.3 Å². The maximum absolute atomic E-state index is 12.5. The molecule has 0 fully saturated rings. The summed E-state index contributed by atoms with van der Waals surface area (Å²) in [6, 6.07) is 0. The van der Waals surface area contributed by atoms with E-state index >= 15 is 0 Å². The van der Waals surface area contributed by atoms with Crippen molar-refractivity contribution in [1.29, 1.82) is 0 Å². The molecule has 0 heterocycles. The average Bonchev–Trinajstić information content (AvgIpc) is 3.08. The zero-order chi connectivity index (χ0) is 36.1. The number of esters is 2. The maximum atomic E-state index is 12.5. The van der Waals surface area contributed by atoms with Gasteiger partial charge >= 0.3 is 19.8 Å². The van der Waals surface area contributed by atoms with Crippen molar-refractivity contribution in [3.63, 3.8) is 0 Å². The van der Waals surface area contributed by atoms with Gasteiger partial charge in [0.2, 0.25) is 0 Å². The second kappa shape index (κ2) is 36.3. The van der Waals surface area contributed by atoms with E-state index in [1.165, 1.54) is 89.9 Å². The number of hydrogen-bond donors (Lipinski definition) is 2. The first-order chi connectivity index (χ1) is 23.8. The number of allylic oxidation sites excluding steroid dienone is 4. The summed E-state index contributed by atoms with van der Waals surface area (Å²) in [6.45, 7) is 3.68. The molecule has 0 spiro atoms. The number of nitrogens with two attached hydrogens (primary N) is 1. The van der Waals surface area contributed by atoms with E-state index in [0.29, 0.717) is 12.8 Å². The average molecular weight is 716 g/mol. The zero-order valence-corrected chi connectivity index (χ0v) is 32.3. The van der Waals surface area contributed by atoms with Gasteiger partial charge in [0.1, 0.15) is 6.61 Å². The lowest BCUT2D eigenvalue weighted by molar-refractivity contribution is -0.161. The lowest BCUT2D eigenvalue weighted by Gasteiger charge is -2.19. The lowest BCUT2D eigenvalue weighted by atomic mass is 10.1. The molecule has 0 saturated carbocycles. The van der Waals surface area contributed by atoms with E-state index in [-0.39, 0.29) is 32.6 Å². The van der Waals surface area contributed by atoms with Crippen molar-refractivity contribution in [1.82, 2.24) is 0 Å². The monoisotopic (exact) mass is 716 g/mol. The van der Waals surface area contributed by atoms with Crippen LogP contribution in [0.25, 0.3) is 0 Å².